The quantitative estimate of drug-likeness (QED) is 0.603. The monoisotopic (exact) mass is 190 g/mol. The van der Waals surface area contributed by atoms with E-state index in [2.05, 4.69) is 31.2 Å². The highest BCUT2D eigenvalue weighted by molar-refractivity contribution is 5.24. The molecule has 0 N–H and O–H groups in total. The molecule has 0 spiro atoms. The van der Waals surface area contributed by atoms with Gasteiger partial charge in [0.25, 0.3) is 0 Å². The lowest BCUT2D eigenvalue weighted by atomic mass is 9.97. The van der Waals surface area contributed by atoms with Gasteiger partial charge in [-0.3, -0.25) is 0 Å². The van der Waals surface area contributed by atoms with E-state index in [1.54, 1.807) is 5.56 Å². The first-order valence-electron chi connectivity index (χ1n) is 5.93. The molecule has 1 aliphatic carbocycles. The Balaban J connectivity index is 0.000000461. The van der Waals surface area contributed by atoms with E-state index in [4.69, 9.17) is 0 Å². The normalized spacial score (nSPS) is 16.2. The van der Waals surface area contributed by atoms with Gasteiger partial charge in [0, 0.05) is 0 Å². The first kappa shape index (κ1) is 11.3. The Kier molecular flexibility index (Phi) is 4.72. The molecule has 1 aromatic rings. The van der Waals surface area contributed by atoms with Crippen molar-refractivity contribution in [3.8, 4) is 0 Å². The van der Waals surface area contributed by atoms with Crippen molar-refractivity contribution in [2.24, 2.45) is 0 Å². The zero-order valence-electron chi connectivity index (χ0n) is 9.72. The van der Waals surface area contributed by atoms with Gasteiger partial charge in [-0.25, -0.2) is 0 Å². The lowest BCUT2D eigenvalue weighted by Crippen LogP contribution is -1.90. The largest absolute Gasteiger partial charge is 0.0683 e. The van der Waals surface area contributed by atoms with E-state index in [1.807, 2.05) is 13.8 Å². The third-order valence-electron chi connectivity index (χ3n) is 2.90. The fourth-order valence-corrected chi connectivity index (χ4v) is 2.10. The summed E-state index contributed by atoms with van der Waals surface area (Å²) in [7, 11) is 0. The van der Waals surface area contributed by atoms with Crippen molar-refractivity contribution in [1.29, 1.82) is 0 Å². The van der Waals surface area contributed by atoms with Crippen molar-refractivity contribution in [2.45, 2.75) is 52.4 Å². The molecule has 0 saturated heterocycles. The molecule has 0 radical (unpaired) electrons. The predicted molar refractivity (Wildman–Crippen MR) is 63.7 cm³/mol. The molecule has 0 unspecified atom stereocenters. The van der Waals surface area contributed by atoms with Crippen molar-refractivity contribution >= 4 is 0 Å². The SMILES string of the molecule is CC.Cc1ccc(C2CCCC2)cc1. The summed E-state index contributed by atoms with van der Waals surface area (Å²) in [6.45, 7) is 6.15. The van der Waals surface area contributed by atoms with Crippen LogP contribution in [0.2, 0.25) is 0 Å². The number of rotatable bonds is 1. The van der Waals surface area contributed by atoms with Crippen LogP contribution in [-0.4, -0.2) is 0 Å². The molecule has 14 heavy (non-hydrogen) atoms. The highest BCUT2D eigenvalue weighted by Gasteiger charge is 2.15. The van der Waals surface area contributed by atoms with E-state index >= 15 is 0 Å². The van der Waals surface area contributed by atoms with Gasteiger partial charge < -0.3 is 0 Å². The van der Waals surface area contributed by atoms with Crippen LogP contribution in [0.4, 0.5) is 0 Å². The Labute approximate surface area is 88.4 Å². The van der Waals surface area contributed by atoms with Gasteiger partial charge in [-0.1, -0.05) is 56.5 Å². The zero-order valence-corrected chi connectivity index (χ0v) is 9.72. The lowest BCUT2D eigenvalue weighted by Gasteiger charge is -2.08. The highest BCUT2D eigenvalue weighted by atomic mass is 14.2. The minimum absolute atomic E-state index is 0.866. The van der Waals surface area contributed by atoms with Gasteiger partial charge in [-0.2, -0.15) is 0 Å². The minimum Gasteiger partial charge on any atom is -0.0683 e. The summed E-state index contributed by atoms with van der Waals surface area (Å²) in [6.07, 6.45) is 5.67. The predicted octanol–water partition coefficient (Wildman–Crippen LogP) is 4.68. The van der Waals surface area contributed by atoms with Crippen LogP contribution in [0.5, 0.6) is 0 Å². The molecule has 2 rings (SSSR count). The fourth-order valence-electron chi connectivity index (χ4n) is 2.10. The van der Waals surface area contributed by atoms with Crippen LogP contribution in [0.3, 0.4) is 0 Å². The maximum absolute atomic E-state index is 2.30. The summed E-state index contributed by atoms with van der Waals surface area (Å²) in [5.74, 6) is 0.866. The Morgan fingerprint density at radius 3 is 1.93 bits per heavy atom. The summed E-state index contributed by atoms with van der Waals surface area (Å²) in [5, 5.41) is 0. The van der Waals surface area contributed by atoms with Crippen LogP contribution in [-0.2, 0) is 0 Å². The minimum atomic E-state index is 0.866. The van der Waals surface area contributed by atoms with Crippen molar-refractivity contribution in [2.75, 3.05) is 0 Å². The Morgan fingerprint density at radius 2 is 1.43 bits per heavy atom. The molecular formula is C14H22. The number of hydrogen-bond donors (Lipinski definition) is 0. The van der Waals surface area contributed by atoms with Crippen molar-refractivity contribution in [1.82, 2.24) is 0 Å². The van der Waals surface area contributed by atoms with E-state index in [0.29, 0.717) is 0 Å². The van der Waals surface area contributed by atoms with Crippen LogP contribution in [0.1, 0.15) is 56.6 Å². The third-order valence-corrected chi connectivity index (χ3v) is 2.90. The van der Waals surface area contributed by atoms with E-state index in [1.165, 1.54) is 31.2 Å². The second-order valence-electron chi connectivity index (χ2n) is 3.89. The molecule has 0 heterocycles. The van der Waals surface area contributed by atoms with Crippen molar-refractivity contribution in [3.05, 3.63) is 35.4 Å². The standard InChI is InChI=1S/C12H16.C2H6/c1-10-6-8-12(9-7-10)11-4-2-3-5-11;1-2/h6-9,11H,2-5H2,1H3;1-2H3. The van der Waals surface area contributed by atoms with Crippen molar-refractivity contribution < 1.29 is 0 Å². The zero-order chi connectivity index (χ0) is 10.4. The second-order valence-corrected chi connectivity index (χ2v) is 3.89. The Morgan fingerprint density at radius 1 is 0.929 bits per heavy atom. The summed E-state index contributed by atoms with van der Waals surface area (Å²) < 4.78 is 0. The molecule has 0 aromatic heterocycles. The first-order chi connectivity index (χ1) is 6.86. The summed E-state index contributed by atoms with van der Waals surface area (Å²) in [6, 6.07) is 9.05. The maximum Gasteiger partial charge on any atom is -0.0162 e. The van der Waals surface area contributed by atoms with Gasteiger partial charge >= 0.3 is 0 Å². The van der Waals surface area contributed by atoms with Crippen LogP contribution >= 0.6 is 0 Å². The van der Waals surface area contributed by atoms with Gasteiger partial charge in [0.05, 0.1) is 0 Å². The van der Waals surface area contributed by atoms with Crippen LogP contribution in [0.15, 0.2) is 24.3 Å². The molecular weight excluding hydrogens is 168 g/mol. The van der Waals surface area contributed by atoms with Gasteiger partial charge in [0.15, 0.2) is 0 Å². The fraction of sp³-hybridized carbons (Fsp3) is 0.571. The van der Waals surface area contributed by atoms with Crippen LogP contribution in [0, 0.1) is 6.92 Å². The van der Waals surface area contributed by atoms with E-state index in [0.717, 1.165) is 5.92 Å². The van der Waals surface area contributed by atoms with E-state index in [-0.39, 0.29) is 0 Å². The molecule has 0 nitrogen and oxygen atoms in total. The van der Waals surface area contributed by atoms with Gasteiger partial charge in [0.1, 0.15) is 0 Å². The van der Waals surface area contributed by atoms with E-state index in [9.17, 15) is 0 Å². The average molecular weight is 190 g/mol. The molecule has 1 aliphatic rings. The molecule has 1 fully saturated rings. The lowest BCUT2D eigenvalue weighted by molar-refractivity contribution is 0.723. The van der Waals surface area contributed by atoms with Gasteiger partial charge in [-0.05, 0) is 31.2 Å². The van der Waals surface area contributed by atoms with E-state index < -0.39 is 0 Å². The third kappa shape index (κ3) is 2.87. The number of benzene rings is 1. The van der Waals surface area contributed by atoms with Crippen LogP contribution < -0.4 is 0 Å². The molecule has 0 atom stereocenters. The molecule has 0 bridgehead atoms. The maximum atomic E-state index is 2.30. The smallest absolute Gasteiger partial charge is 0.0162 e. The average Bonchev–Trinajstić information content (AvgIpc) is 2.75. The highest BCUT2D eigenvalue weighted by Crippen LogP contribution is 2.33. The molecule has 1 aromatic carbocycles. The molecule has 78 valence electrons. The van der Waals surface area contributed by atoms with Crippen LogP contribution in [0.25, 0.3) is 0 Å². The topological polar surface area (TPSA) is 0 Å². The molecule has 0 aliphatic heterocycles. The van der Waals surface area contributed by atoms with Gasteiger partial charge in [0.2, 0.25) is 0 Å². The molecule has 0 amide bonds. The molecule has 1 saturated carbocycles. The van der Waals surface area contributed by atoms with Gasteiger partial charge in [-0.15, -0.1) is 0 Å². The summed E-state index contributed by atoms with van der Waals surface area (Å²) in [5.41, 5.74) is 2.93. The Hall–Kier alpha value is -0.780. The summed E-state index contributed by atoms with van der Waals surface area (Å²) >= 11 is 0. The summed E-state index contributed by atoms with van der Waals surface area (Å²) in [4.78, 5) is 0. The first-order valence-corrected chi connectivity index (χ1v) is 5.93. The number of aryl methyl sites for hydroxylation is 1. The molecule has 0 heteroatoms. The number of hydrogen-bond acceptors (Lipinski definition) is 0. The van der Waals surface area contributed by atoms with Crippen molar-refractivity contribution in [3.63, 3.8) is 0 Å². The second kappa shape index (κ2) is 5.85. The Bertz CT molecular complexity index is 239.